The third-order valence-corrected chi connectivity index (χ3v) is 4.41. The first-order chi connectivity index (χ1) is 10.1. The number of hydrogen-bond acceptors (Lipinski definition) is 3. The number of halogens is 1. The molecule has 1 aliphatic rings. The molecular weight excluding hydrogens is 298 g/mol. The van der Waals surface area contributed by atoms with Crippen LogP contribution in [0.5, 0.6) is 0 Å². The number of rotatable bonds is 5. The molecule has 5 heteroatoms. The van der Waals surface area contributed by atoms with Crippen LogP contribution in [0.25, 0.3) is 0 Å². The summed E-state index contributed by atoms with van der Waals surface area (Å²) in [6, 6.07) is 4.49. The van der Waals surface area contributed by atoms with Gasteiger partial charge in [0, 0.05) is 36.8 Å². The van der Waals surface area contributed by atoms with Gasteiger partial charge >= 0.3 is 0 Å². The summed E-state index contributed by atoms with van der Waals surface area (Å²) in [6.45, 7) is 8.16. The van der Waals surface area contributed by atoms with Gasteiger partial charge in [0.15, 0.2) is 0 Å². The van der Waals surface area contributed by atoms with Crippen molar-refractivity contribution in [3.05, 3.63) is 30.1 Å². The average molecular weight is 326 g/mol. The van der Waals surface area contributed by atoms with Crippen LogP contribution in [0.1, 0.15) is 45.1 Å². The highest BCUT2D eigenvalue weighted by Crippen LogP contribution is 2.23. The fourth-order valence-electron chi connectivity index (χ4n) is 3.06. The summed E-state index contributed by atoms with van der Waals surface area (Å²) in [5.74, 6) is 1.16. The fourth-order valence-corrected chi connectivity index (χ4v) is 3.06. The first-order valence-corrected chi connectivity index (χ1v) is 7.99. The highest BCUT2D eigenvalue weighted by molar-refractivity contribution is 5.85. The van der Waals surface area contributed by atoms with E-state index < -0.39 is 0 Å². The van der Waals surface area contributed by atoms with Crippen LogP contribution in [0.2, 0.25) is 0 Å². The van der Waals surface area contributed by atoms with Crippen molar-refractivity contribution in [1.29, 1.82) is 0 Å². The van der Waals surface area contributed by atoms with Gasteiger partial charge in [-0.1, -0.05) is 19.9 Å². The minimum absolute atomic E-state index is 0. The van der Waals surface area contributed by atoms with Crippen molar-refractivity contribution in [3.63, 3.8) is 0 Å². The second-order valence-corrected chi connectivity index (χ2v) is 6.46. The summed E-state index contributed by atoms with van der Waals surface area (Å²) < 4.78 is 0. The quantitative estimate of drug-likeness (QED) is 0.875. The summed E-state index contributed by atoms with van der Waals surface area (Å²) >= 11 is 0. The van der Waals surface area contributed by atoms with Crippen LogP contribution in [0.3, 0.4) is 0 Å². The van der Waals surface area contributed by atoms with E-state index in [9.17, 15) is 4.79 Å². The zero-order valence-corrected chi connectivity index (χ0v) is 14.5. The summed E-state index contributed by atoms with van der Waals surface area (Å²) in [6.07, 6.45) is 5.57. The Morgan fingerprint density at radius 1 is 1.50 bits per heavy atom. The van der Waals surface area contributed by atoms with Crippen LogP contribution in [-0.4, -0.2) is 30.0 Å². The third kappa shape index (κ3) is 5.25. The Kier molecular flexibility index (Phi) is 7.83. The summed E-state index contributed by atoms with van der Waals surface area (Å²) in [7, 11) is 0. The van der Waals surface area contributed by atoms with Gasteiger partial charge in [-0.05, 0) is 43.9 Å². The molecule has 1 aliphatic heterocycles. The van der Waals surface area contributed by atoms with Crippen LogP contribution in [0, 0.1) is 11.8 Å². The van der Waals surface area contributed by atoms with E-state index in [0.717, 1.165) is 19.4 Å². The topological polar surface area (TPSA) is 54.0 Å². The molecule has 1 aromatic heterocycles. The van der Waals surface area contributed by atoms with Crippen molar-refractivity contribution in [2.45, 2.75) is 45.6 Å². The highest BCUT2D eigenvalue weighted by Gasteiger charge is 2.25. The van der Waals surface area contributed by atoms with Gasteiger partial charge in [0.05, 0.1) is 0 Å². The van der Waals surface area contributed by atoms with Crippen molar-refractivity contribution >= 4 is 18.3 Å². The molecule has 1 amide bonds. The molecule has 1 fully saturated rings. The minimum atomic E-state index is 0. The molecular formula is C17H28ClN3O. The average Bonchev–Trinajstić information content (AvgIpc) is 2.48. The van der Waals surface area contributed by atoms with Crippen molar-refractivity contribution in [2.75, 3.05) is 13.1 Å². The Balaban J connectivity index is 0.00000242. The van der Waals surface area contributed by atoms with Crippen molar-refractivity contribution in [3.8, 4) is 0 Å². The Morgan fingerprint density at radius 3 is 2.86 bits per heavy atom. The summed E-state index contributed by atoms with van der Waals surface area (Å²) in [5.41, 5.74) is 1.20. The third-order valence-electron chi connectivity index (χ3n) is 4.41. The lowest BCUT2D eigenvalue weighted by molar-refractivity contribution is -0.126. The number of carbonyl (C=O) groups is 1. The monoisotopic (exact) mass is 325 g/mol. The van der Waals surface area contributed by atoms with E-state index in [0.29, 0.717) is 24.4 Å². The molecule has 22 heavy (non-hydrogen) atoms. The lowest BCUT2D eigenvalue weighted by Crippen LogP contribution is -2.43. The molecule has 1 unspecified atom stereocenters. The van der Waals surface area contributed by atoms with Gasteiger partial charge in [0.25, 0.3) is 0 Å². The number of pyridine rings is 1. The van der Waals surface area contributed by atoms with Gasteiger partial charge in [0.1, 0.15) is 0 Å². The molecule has 2 heterocycles. The Bertz CT molecular complexity index is 452. The van der Waals surface area contributed by atoms with E-state index in [2.05, 4.69) is 42.5 Å². The van der Waals surface area contributed by atoms with Crippen LogP contribution in [0.4, 0.5) is 0 Å². The second-order valence-electron chi connectivity index (χ2n) is 6.46. The largest absolute Gasteiger partial charge is 0.355 e. The molecule has 1 aromatic rings. The fraction of sp³-hybridized carbons (Fsp3) is 0.647. The van der Waals surface area contributed by atoms with Gasteiger partial charge in [-0.3, -0.25) is 9.78 Å². The SMILES string of the molecule is CC(C)C(CNC(=O)[C@H]1CCN[C@@H](C)C1)c1cccnc1.Cl. The zero-order chi connectivity index (χ0) is 15.2. The standard InChI is InChI=1S/C17H27N3O.ClH/c1-12(2)16(15-5-4-7-18-10-15)11-20-17(21)14-6-8-19-13(3)9-14;/h4-5,7,10,12-14,16,19H,6,8-9,11H2,1-3H3,(H,20,21);1H/t13-,14-,16?;/m0./s1. The molecule has 0 aromatic carbocycles. The number of hydrogen-bond donors (Lipinski definition) is 2. The van der Waals surface area contributed by atoms with E-state index in [1.165, 1.54) is 5.56 Å². The Labute approximate surface area is 139 Å². The van der Waals surface area contributed by atoms with Crippen LogP contribution >= 0.6 is 12.4 Å². The number of nitrogens with zero attached hydrogens (tertiary/aromatic N) is 1. The van der Waals surface area contributed by atoms with Crippen molar-refractivity contribution in [2.24, 2.45) is 11.8 Å². The predicted octanol–water partition coefficient (Wildman–Crippen LogP) is 2.75. The van der Waals surface area contributed by atoms with Gasteiger partial charge < -0.3 is 10.6 Å². The molecule has 0 bridgehead atoms. The van der Waals surface area contributed by atoms with E-state index in [1.54, 1.807) is 6.20 Å². The molecule has 1 saturated heterocycles. The van der Waals surface area contributed by atoms with Gasteiger partial charge in [-0.25, -0.2) is 0 Å². The van der Waals surface area contributed by atoms with Crippen LogP contribution < -0.4 is 10.6 Å². The Morgan fingerprint density at radius 2 is 2.27 bits per heavy atom. The van der Waals surface area contributed by atoms with Crippen LogP contribution in [0.15, 0.2) is 24.5 Å². The Hall–Kier alpha value is -1.13. The number of nitrogens with one attached hydrogen (secondary N) is 2. The molecule has 2 N–H and O–H groups in total. The van der Waals surface area contributed by atoms with Gasteiger partial charge in [-0.15, -0.1) is 12.4 Å². The maximum atomic E-state index is 12.3. The van der Waals surface area contributed by atoms with Crippen LogP contribution in [-0.2, 0) is 4.79 Å². The number of carbonyl (C=O) groups excluding carboxylic acids is 1. The van der Waals surface area contributed by atoms with Crippen molar-refractivity contribution in [1.82, 2.24) is 15.6 Å². The summed E-state index contributed by atoms with van der Waals surface area (Å²) in [5, 5.41) is 6.55. The highest BCUT2D eigenvalue weighted by atomic mass is 35.5. The second kappa shape index (κ2) is 9.11. The molecule has 2 rings (SSSR count). The smallest absolute Gasteiger partial charge is 0.223 e. The normalized spacial score (nSPS) is 22.7. The number of amides is 1. The lowest BCUT2D eigenvalue weighted by atomic mass is 9.88. The first-order valence-electron chi connectivity index (χ1n) is 7.99. The molecule has 0 saturated carbocycles. The predicted molar refractivity (Wildman–Crippen MR) is 92.3 cm³/mol. The van der Waals surface area contributed by atoms with E-state index in [4.69, 9.17) is 0 Å². The summed E-state index contributed by atoms with van der Waals surface area (Å²) in [4.78, 5) is 16.5. The maximum Gasteiger partial charge on any atom is 0.223 e. The molecule has 0 aliphatic carbocycles. The van der Waals surface area contributed by atoms with E-state index >= 15 is 0 Å². The first kappa shape index (κ1) is 18.9. The molecule has 3 atom stereocenters. The lowest BCUT2D eigenvalue weighted by Gasteiger charge is -2.28. The van der Waals surface area contributed by atoms with E-state index in [1.807, 2.05) is 12.3 Å². The molecule has 0 spiro atoms. The molecule has 0 radical (unpaired) electrons. The van der Waals surface area contributed by atoms with Crippen molar-refractivity contribution < 1.29 is 4.79 Å². The molecule has 4 nitrogen and oxygen atoms in total. The van der Waals surface area contributed by atoms with Gasteiger partial charge in [-0.2, -0.15) is 0 Å². The number of aromatic nitrogens is 1. The maximum absolute atomic E-state index is 12.3. The zero-order valence-electron chi connectivity index (χ0n) is 13.7. The minimum Gasteiger partial charge on any atom is -0.355 e. The number of piperidine rings is 1. The molecule has 124 valence electrons. The van der Waals surface area contributed by atoms with E-state index in [-0.39, 0.29) is 24.2 Å². The van der Waals surface area contributed by atoms with Gasteiger partial charge in [0.2, 0.25) is 5.91 Å².